The van der Waals surface area contributed by atoms with Gasteiger partial charge in [0.2, 0.25) is 0 Å². The Morgan fingerprint density at radius 3 is 2.67 bits per heavy atom. The van der Waals surface area contributed by atoms with Crippen LogP contribution in [0, 0.1) is 19.1 Å². The Morgan fingerprint density at radius 1 is 0.917 bits per heavy atom. The number of hydrogen-bond donors (Lipinski definition) is 0. The molecule has 0 N–H and O–H groups in total. The molecule has 177 valence electrons. The molecule has 0 aliphatic heterocycles. The number of rotatable bonds is 2. The molecule has 0 atom stereocenters. The molecule has 0 aliphatic carbocycles. The summed E-state index contributed by atoms with van der Waals surface area (Å²) in [4.78, 5) is 12.8. The van der Waals surface area contributed by atoms with Crippen molar-refractivity contribution < 1.29 is 30.0 Å². The topological polar surface area (TPSA) is 51.8 Å². The van der Waals surface area contributed by atoms with Gasteiger partial charge in [-0.25, -0.2) is 4.98 Å². The van der Waals surface area contributed by atoms with Crippen LogP contribution in [0.15, 0.2) is 102 Å². The van der Waals surface area contributed by atoms with Gasteiger partial charge < -0.3 is 14.4 Å². The van der Waals surface area contributed by atoms with Crippen molar-refractivity contribution in [1.82, 2.24) is 15.0 Å². The molecule has 7 aromatic rings. The molecule has 4 nitrogen and oxygen atoms in total. The van der Waals surface area contributed by atoms with E-state index in [1.54, 1.807) is 23.6 Å². The van der Waals surface area contributed by atoms with E-state index in [4.69, 9.17) is 9.90 Å². The van der Waals surface area contributed by atoms with Crippen LogP contribution in [-0.2, 0) is 20.1 Å². The van der Waals surface area contributed by atoms with E-state index in [2.05, 4.69) is 27.1 Å². The maximum absolute atomic E-state index is 8.17. The van der Waals surface area contributed by atoms with Crippen molar-refractivity contribution in [1.29, 1.82) is 0 Å². The van der Waals surface area contributed by atoms with Crippen molar-refractivity contribution in [2.45, 2.75) is 6.92 Å². The van der Waals surface area contributed by atoms with E-state index in [0.29, 0.717) is 16.7 Å². The van der Waals surface area contributed by atoms with Crippen molar-refractivity contribution >= 4 is 43.5 Å². The van der Waals surface area contributed by atoms with E-state index in [-0.39, 0.29) is 50.1 Å². The number of thiazole rings is 1. The Balaban J connectivity index is 0.000000209. The van der Waals surface area contributed by atoms with Gasteiger partial charge in [0.25, 0.3) is 0 Å². The molecule has 0 spiro atoms. The molecule has 6 heteroatoms. The van der Waals surface area contributed by atoms with Crippen molar-refractivity contribution in [3.8, 4) is 22.5 Å². The summed E-state index contributed by atoms with van der Waals surface area (Å²) in [6.45, 7) is 1.96. The van der Waals surface area contributed by atoms with Crippen LogP contribution >= 0.6 is 11.3 Å². The van der Waals surface area contributed by atoms with Gasteiger partial charge in [-0.3, -0.25) is 0 Å². The third-order valence-electron chi connectivity index (χ3n) is 5.40. The summed E-state index contributed by atoms with van der Waals surface area (Å²) in [7, 11) is 0. The number of furan rings is 1. The number of benzene rings is 3. The van der Waals surface area contributed by atoms with E-state index in [9.17, 15) is 0 Å². The minimum absolute atomic E-state index is 0. The first-order valence-corrected chi connectivity index (χ1v) is 11.7. The smallest absolute Gasteiger partial charge is 0.123 e. The monoisotopic (exact) mass is 666 g/mol. The Labute approximate surface area is 231 Å². The van der Waals surface area contributed by atoms with Gasteiger partial charge in [0, 0.05) is 43.9 Å². The average molecular weight is 666 g/mol. The molecule has 0 saturated heterocycles. The number of fused-ring (bicyclic) bond motifs is 4. The summed E-state index contributed by atoms with van der Waals surface area (Å²) in [5.74, 6) is 0. The number of hydrogen-bond acceptors (Lipinski definition) is 5. The van der Waals surface area contributed by atoms with Gasteiger partial charge in [0.05, 0.1) is 26.3 Å². The van der Waals surface area contributed by atoms with Crippen LogP contribution in [0.3, 0.4) is 0 Å². The molecule has 36 heavy (non-hydrogen) atoms. The van der Waals surface area contributed by atoms with Gasteiger partial charge in [0.1, 0.15) is 5.58 Å². The van der Waals surface area contributed by atoms with E-state index in [0.717, 1.165) is 37.3 Å². The van der Waals surface area contributed by atoms with Crippen molar-refractivity contribution in [3.05, 3.63) is 114 Å². The van der Waals surface area contributed by atoms with E-state index in [1.165, 1.54) is 0 Å². The summed E-state index contributed by atoms with van der Waals surface area (Å²) in [6.07, 6.45) is 1.45. The SMILES string of the molecule is [2H]c1nc(-c2[c-]ccc3c2oc2cc4nc(C)sc4cc23)c([2H])c([2H])c1[2H].[Ir].[c-]1ccccc1-c1ccccn1. The second-order valence-electron chi connectivity index (χ2n) is 7.68. The zero-order chi connectivity index (χ0) is 27.1. The predicted octanol–water partition coefficient (Wildman–Crippen LogP) is 7.91. The zero-order valence-corrected chi connectivity index (χ0v) is 22.1. The standard InChI is InChI=1S/C19H11N2OS.C11H8N.Ir/c1-11-21-16-10-17-14(9-18(16)23-11)12-5-4-6-13(19(12)22-17)15-7-2-3-8-20-15;1-2-6-10(7-3-1)11-8-4-5-9-12-11;/h2-5,7-10H,1H3;1-6,8-9H;/q2*-1;/i2D,3D,7D,8D;;. The van der Waals surface area contributed by atoms with E-state index < -0.39 is 0 Å². The van der Waals surface area contributed by atoms with Crippen LogP contribution in [0.1, 0.15) is 10.5 Å². The largest absolute Gasteiger partial charge is 0.501 e. The quantitative estimate of drug-likeness (QED) is 0.176. The number of aryl methyl sites for hydroxylation is 1. The molecule has 0 saturated carbocycles. The van der Waals surface area contributed by atoms with Crippen LogP contribution in [0.2, 0.25) is 0 Å². The summed E-state index contributed by atoms with van der Waals surface area (Å²) in [6, 6.07) is 26.5. The fourth-order valence-electron chi connectivity index (χ4n) is 3.88. The minimum atomic E-state index is -0.359. The van der Waals surface area contributed by atoms with E-state index in [1.807, 2.05) is 67.6 Å². The molecule has 0 unspecified atom stereocenters. The Hall–Kier alpha value is -3.70. The maximum Gasteiger partial charge on any atom is 0.123 e. The molecule has 4 heterocycles. The molecule has 0 fully saturated rings. The van der Waals surface area contributed by atoms with E-state index >= 15 is 0 Å². The van der Waals surface area contributed by atoms with Crippen LogP contribution in [0.5, 0.6) is 0 Å². The Kier molecular flexibility index (Phi) is 5.69. The Bertz CT molecular complexity index is 1940. The second kappa shape index (κ2) is 10.5. The average Bonchev–Trinajstić information content (AvgIpc) is 3.52. The maximum atomic E-state index is 8.17. The van der Waals surface area contributed by atoms with Crippen molar-refractivity contribution in [2.75, 3.05) is 0 Å². The normalized spacial score (nSPS) is 12.2. The zero-order valence-electron chi connectivity index (χ0n) is 22.9. The third-order valence-corrected chi connectivity index (χ3v) is 6.34. The summed E-state index contributed by atoms with van der Waals surface area (Å²) in [5, 5.41) is 2.76. The fourth-order valence-corrected chi connectivity index (χ4v) is 4.72. The third kappa shape index (κ3) is 4.71. The van der Waals surface area contributed by atoms with Crippen LogP contribution in [-0.4, -0.2) is 15.0 Å². The van der Waals surface area contributed by atoms with Gasteiger partial charge in [-0.1, -0.05) is 35.2 Å². The van der Waals surface area contributed by atoms with Gasteiger partial charge in [-0.05, 0) is 36.5 Å². The first kappa shape index (κ1) is 19.5. The summed E-state index contributed by atoms with van der Waals surface area (Å²) >= 11 is 1.61. The first-order chi connectivity index (χ1) is 18.9. The number of nitrogens with zero attached hydrogens (tertiary/aromatic N) is 3. The summed E-state index contributed by atoms with van der Waals surface area (Å²) in [5.41, 5.74) is 4.60. The molecule has 0 amide bonds. The minimum Gasteiger partial charge on any atom is -0.501 e. The second-order valence-corrected chi connectivity index (χ2v) is 8.92. The number of pyridine rings is 2. The van der Waals surface area contributed by atoms with Gasteiger partial charge in [-0.2, -0.15) is 0 Å². The molecular formula is C30H19IrN3OS-2. The molecule has 4 aromatic heterocycles. The fraction of sp³-hybridized carbons (Fsp3) is 0.0333. The summed E-state index contributed by atoms with van der Waals surface area (Å²) < 4.78 is 38.7. The predicted molar refractivity (Wildman–Crippen MR) is 142 cm³/mol. The molecule has 0 bridgehead atoms. The van der Waals surface area contributed by atoms with Crippen LogP contribution in [0.25, 0.3) is 54.7 Å². The Morgan fingerprint density at radius 2 is 1.83 bits per heavy atom. The van der Waals surface area contributed by atoms with Gasteiger partial charge in [0.15, 0.2) is 0 Å². The van der Waals surface area contributed by atoms with Gasteiger partial charge in [-0.15, -0.1) is 65.4 Å². The van der Waals surface area contributed by atoms with Crippen molar-refractivity contribution in [3.63, 3.8) is 0 Å². The number of aromatic nitrogens is 3. The molecule has 0 aliphatic rings. The van der Waals surface area contributed by atoms with Crippen LogP contribution < -0.4 is 0 Å². The molecule has 1 radical (unpaired) electrons. The molecule has 3 aromatic carbocycles. The van der Waals surface area contributed by atoms with Crippen LogP contribution in [0.4, 0.5) is 0 Å². The first-order valence-electron chi connectivity index (χ1n) is 12.9. The molecule has 7 rings (SSSR count). The van der Waals surface area contributed by atoms with Crippen molar-refractivity contribution in [2.24, 2.45) is 0 Å². The van der Waals surface area contributed by atoms with Gasteiger partial charge >= 0.3 is 0 Å². The molecular weight excluding hydrogens is 643 g/mol.